The maximum absolute atomic E-state index is 14.0. The van der Waals surface area contributed by atoms with Gasteiger partial charge in [-0.2, -0.15) is 0 Å². The predicted molar refractivity (Wildman–Crippen MR) is 84.9 cm³/mol. The molecule has 0 saturated carbocycles. The molecule has 0 amide bonds. The quantitative estimate of drug-likeness (QED) is 0.697. The Kier molecular flexibility index (Phi) is 3.16. The summed E-state index contributed by atoms with van der Waals surface area (Å²) in [6.07, 6.45) is 3.98. The molecule has 21 heavy (non-hydrogen) atoms. The molecule has 1 aliphatic carbocycles. The molecular weight excluding hydrogens is 261 g/mol. The third-order valence-corrected chi connectivity index (χ3v) is 4.88. The van der Waals surface area contributed by atoms with E-state index in [2.05, 4.69) is 44.8 Å². The summed E-state index contributed by atoms with van der Waals surface area (Å²) >= 11 is 0. The van der Waals surface area contributed by atoms with Crippen LogP contribution < -0.4 is 0 Å². The Morgan fingerprint density at radius 3 is 2.29 bits per heavy atom. The average molecular weight is 283 g/mol. The molecule has 0 N–H and O–H groups in total. The fraction of sp³-hybridized carbons (Fsp3) is 0.421. The zero-order valence-corrected chi connectivity index (χ0v) is 13.2. The molecule has 1 aromatic heterocycles. The van der Waals surface area contributed by atoms with Gasteiger partial charge in [-0.05, 0) is 53.0 Å². The maximum Gasteiger partial charge on any atom is 0.149 e. The van der Waals surface area contributed by atoms with Gasteiger partial charge in [0.15, 0.2) is 0 Å². The van der Waals surface area contributed by atoms with Crippen LogP contribution >= 0.6 is 0 Å². The minimum Gasteiger partial charge on any atom is -0.253 e. The van der Waals surface area contributed by atoms with E-state index in [4.69, 9.17) is 0 Å². The van der Waals surface area contributed by atoms with Gasteiger partial charge in [-0.3, -0.25) is 4.98 Å². The monoisotopic (exact) mass is 283 g/mol. The molecule has 0 aliphatic heterocycles. The molecule has 2 aromatic rings. The van der Waals surface area contributed by atoms with Gasteiger partial charge < -0.3 is 0 Å². The number of halogens is 1. The minimum absolute atomic E-state index is 0.131. The van der Waals surface area contributed by atoms with Crippen molar-refractivity contribution in [2.45, 2.75) is 51.4 Å². The average Bonchev–Trinajstić information content (AvgIpc) is 2.44. The van der Waals surface area contributed by atoms with Crippen molar-refractivity contribution in [3.8, 4) is 11.3 Å². The molecule has 1 nitrogen and oxygen atoms in total. The molecule has 3 rings (SSSR count). The molecule has 0 bridgehead atoms. The molecule has 1 aliphatic rings. The van der Waals surface area contributed by atoms with Crippen LogP contribution in [0.3, 0.4) is 0 Å². The van der Waals surface area contributed by atoms with Crippen LogP contribution in [0.2, 0.25) is 0 Å². The normalized spacial score (nSPS) is 19.1. The van der Waals surface area contributed by atoms with Gasteiger partial charge in [-0.1, -0.05) is 39.8 Å². The van der Waals surface area contributed by atoms with Crippen molar-refractivity contribution < 1.29 is 4.39 Å². The highest BCUT2D eigenvalue weighted by Gasteiger charge is 2.37. The lowest BCUT2D eigenvalue weighted by Crippen LogP contribution is -2.33. The lowest BCUT2D eigenvalue weighted by molar-refractivity contribution is 0.332. The van der Waals surface area contributed by atoms with Crippen molar-refractivity contribution in [2.24, 2.45) is 0 Å². The minimum atomic E-state index is -0.259. The van der Waals surface area contributed by atoms with E-state index in [1.165, 1.54) is 23.6 Å². The van der Waals surface area contributed by atoms with Crippen LogP contribution in [0.15, 0.2) is 36.5 Å². The maximum atomic E-state index is 14.0. The number of hydrogen-bond donors (Lipinski definition) is 0. The number of hydrogen-bond acceptors (Lipinski definition) is 1. The van der Waals surface area contributed by atoms with Crippen LogP contribution in [0.1, 0.15) is 51.7 Å². The summed E-state index contributed by atoms with van der Waals surface area (Å²) < 4.78 is 14.0. The smallest absolute Gasteiger partial charge is 0.149 e. The molecule has 1 heterocycles. The molecule has 0 saturated heterocycles. The Morgan fingerprint density at radius 2 is 1.62 bits per heavy atom. The van der Waals surface area contributed by atoms with Gasteiger partial charge in [0, 0.05) is 11.8 Å². The lowest BCUT2D eigenvalue weighted by Gasteiger charge is -2.42. The van der Waals surface area contributed by atoms with Crippen molar-refractivity contribution in [3.05, 3.63) is 53.5 Å². The zero-order valence-electron chi connectivity index (χ0n) is 13.2. The SMILES string of the molecule is CC1(C)CCC(C)(C)c2cc(-c3ncccc3F)ccc21. The van der Waals surface area contributed by atoms with E-state index in [1.807, 2.05) is 6.07 Å². The van der Waals surface area contributed by atoms with Gasteiger partial charge >= 0.3 is 0 Å². The van der Waals surface area contributed by atoms with Crippen LogP contribution in [0.4, 0.5) is 4.39 Å². The highest BCUT2D eigenvalue weighted by molar-refractivity contribution is 5.63. The Bertz CT molecular complexity index is 686. The summed E-state index contributed by atoms with van der Waals surface area (Å²) in [7, 11) is 0. The highest BCUT2D eigenvalue weighted by Crippen LogP contribution is 2.46. The summed E-state index contributed by atoms with van der Waals surface area (Å²) in [5.41, 5.74) is 4.36. The fourth-order valence-corrected chi connectivity index (χ4v) is 3.33. The number of rotatable bonds is 1. The first-order valence-corrected chi connectivity index (χ1v) is 7.57. The molecule has 0 radical (unpaired) electrons. The summed E-state index contributed by atoms with van der Waals surface area (Å²) in [5.74, 6) is -0.259. The molecule has 0 unspecified atom stereocenters. The Morgan fingerprint density at radius 1 is 0.952 bits per heavy atom. The van der Waals surface area contributed by atoms with Gasteiger partial charge in [-0.15, -0.1) is 0 Å². The first-order valence-electron chi connectivity index (χ1n) is 7.57. The third-order valence-electron chi connectivity index (χ3n) is 4.88. The van der Waals surface area contributed by atoms with E-state index < -0.39 is 0 Å². The summed E-state index contributed by atoms with van der Waals surface area (Å²) in [5, 5.41) is 0. The number of fused-ring (bicyclic) bond motifs is 1. The van der Waals surface area contributed by atoms with Gasteiger partial charge in [0.1, 0.15) is 11.5 Å². The summed E-state index contributed by atoms with van der Waals surface area (Å²) in [4.78, 5) is 4.21. The third kappa shape index (κ3) is 2.37. The van der Waals surface area contributed by atoms with E-state index in [0.29, 0.717) is 5.69 Å². The van der Waals surface area contributed by atoms with Crippen LogP contribution in [0, 0.1) is 5.82 Å². The number of benzene rings is 1. The Balaban J connectivity index is 2.19. The van der Waals surface area contributed by atoms with Crippen molar-refractivity contribution in [3.63, 3.8) is 0 Å². The van der Waals surface area contributed by atoms with Crippen molar-refractivity contribution in [1.29, 1.82) is 0 Å². The van der Waals surface area contributed by atoms with Crippen LogP contribution in [0.5, 0.6) is 0 Å². The van der Waals surface area contributed by atoms with Crippen molar-refractivity contribution in [2.75, 3.05) is 0 Å². The lowest BCUT2D eigenvalue weighted by atomic mass is 9.63. The molecule has 2 heteroatoms. The highest BCUT2D eigenvalue weighted by atomic mass is 19.1. The summed E-state index contributed by atoms with van der Waals surface area (Å²) in [6.45, 7) is 9.14. The van der Waals surface area contributed by atoms with Gasteiger partial charge in [0.25, 0.3) is 0 Å². The predicted octanol–water partition coefficient (Wildman–Crippen LogP) is 5.24. The second kappa shape index (κ2) is 4.66. The molecule has 0 atom stereocenters. The zero-order chi connectivity index (χ0) is 15.3. The van der Waals surface area contributed by atoms with Crippen molar-refractivity contribution in [1.82, 2.24) is 4.98 Å². The molecule has 0 spiro atoms. The fourth-order valence-electron chi connectivity index (χ4n) is 3.33. The first-order chi connectivity index (χ1) is 9.81. The van der Waals surface area contributed by atoms with E-state index in [1.54, 1.807) is 12.3 Å². The Hall–Kier alpha value is -1.70. The van der Waals surface area contributed by atoms with Gasteiger partial charge in [-0.25, -0.2) is 4.39 Å². The summed E-state index contributed by atoms with van der Waals surface area (Å²) in [6, 6.07) is 9.41. The van der Waals surface area contributed by atoms with Crippen LogP contribution in [0.25, 0.3) is 11.3 Å². The van der Waals surface area contributed by atoms with E-state index in [-0.39, 0.29) is 16.6 Å². The van der Waals surface area contributed by atoms with Crippen molar-refractivity contribution >= 4 is 0 Å². The van der Waals surface area contributed by atoms with Crippen LogP contribution in [-0.4, -0.2) is 4.98 Å². The molecule has 0 fully saturated rings. The second-order valence-corrected chi connectivity index (χ2v) is 7.36. The standard InChI is InChI=1S/C19H22FN/c1-18(2)9-10-19(3,4)15-12-13(7-8-14(15)18)17-16(20)6-5-11-21-17/h5-8,11-12H,9-10H2,1-4H3. The topological polar surface area (TPSA) is 12.9 Å². The largest absolute Gasteiger partial charge is 0.253 e. The Labute approximate surface area is 126 Å². The molecule has 1 aromatic carbocycles. The molecular formula is C19H22FN. The van der Waals surface area contributed by atoms with Gasteiger partial charge in [0.2, 0.25) is 0 Å². The number of pyridine rings is 1. The van der Waals surface area contributed by atoms with E-state index in [0.717, 1.165) is 12.0 Å². The van der Waals surface area contributed by atoms with Crippen LogP contribution in [-0.2, 0) is 10.8 Å². The van der Waals surface area contributed by atoms with Gasteiger partial charge in [0.05, 0.1) is 0 Å². The number of nitrogens with zero attached hydrogens (tertiary/aromatic N) is 1. The van der Waals surface area contributed by atoms with E-state index in [9.17, 15) is 4.39 Å². The van der Waals surface area contributed by atoms with E-state index >= 15 is 0 Å². The second-order valence-electron chi connectivity index (χ2n) is 7.36. The first kappa shape index (κ1) is 14.2. The molecule has 110 valence electrons. The number of aromatic nitrogens is 1.